The van der Waals surface area contributed by atoms with Gasteiger partial charge >= 0.3 is 0 Å². The van der Waals surface area contributed by atoms with Gasteiger partial charge in [-0.1, -0.05) is 30.3 Å². The molecule has 0 aliphatic carbocycles. The molecule has 5 aromatic rings. The molecule has 0 N–H and O–H groups in total. The lowest BCUT2D eigenvalue weighted by molar-refractivity contribution is -0.120. The van der Waals surface area contributed by atoms with Crippen LogP contribution in [0.2, 0.25) is 0 Å². The standard InChI is InChI=1S/C34H28N4O2S/c1-21-12-13-28(17-22(21)2)38-33(40)30(32(39)37(34(38)41)27-10-6-5-7-11-27)20-26-18-23(3)36(24(26)4)29-14-15-31-25(19-29)9-8-16-35-31/h5-20H,1-4H3/b30-20-. The summed E-state index contributed by atoms with van der Waals surface area (Å²) in [5.41, 5.74) is 7.98. The maximum absolute atomic E-state index is 14.1. The predicted octanol–water partition coefficient (Wildman–Crippen LogP) is 7.01. The number of amides is 2. The van der Waals surface area contributed by atoms with Crippen LogP contribution in [0, 0.1) is 27.7 Å². The van der Waals surface area contributed by atoms with Gasteiger partial charge < -0.3 is 4.57 Å². The first-order valence-corrected chi connectivity index (χ1v) is 13.8. The molecule has 41 heavy (non-hydrogen) atoms. The Bertz CT molecular complexity index is 1910. The quantitative estimate of drug-likeness (QED) is 0.136. The first-order valence-electron chi connectivity index (χ1n) is 13.4. The minimum Gasteiger partial charge on any atom is -0.318 e. The highest BCUT2D eigenvalue weighted by molar-refractivity contribution is 7.81. The van der Waals surface area contributed by atoms with E-state index in [1.807, 2.05) is 107 Å². The van der Waals surface area contributed by atoms with Crippen molar-refractivity contribution in [3.8, 4) is 5.69 Å². The van der Waals surface area contributed by atoms with Gasteiger partial charge in [0.2, 0.25) is 0 Å². The van der Waals surface area contributed by atoms with Crippen LogP contribution < -0.4 is 9.80 Å². The number of carbonyl (C=O) groups excluding carboxylic acids is 2. The zero-order valence-corrected chi connectivity index (χ0v) is 24.1. The second kappa shape index (κ2) is 10.3. The predicted molar refractivity (Wildman–Crippen MR) is 168 cm³/mol. The summed E-state index contributed by atoms with van der Waals surface area (Å²) in [7, 11) is 0. The van der Waals surface area contributed by atoms with Crippen molar-refractivity contribution in [1.82, 2.24) is 9.55 Å². The van der Waals surface area contributed by atoms with Gasteiger partial charge in [-0.05, 0) is 117 Å². The van der Waals surface area contributed by atoms with E-state index in [9.17, 15) is 9.59 Å². The number of hydrogen-bond donors (Lipinski definition) is 0. The van der Waals surface area contributed by atoms with Gasteiger partial charge in [-0.3, -0.25) is 24.4 Å². The summed E-state index contributed by atoms with van der Waals surface area (Å²) in [4.78, 5) is 35.4. The molecule has 1 aliphatic heterocycles. The van der Waals surface area contributed by atoms with Crippen molar-refractivity contribution in [1.29, 1.82) is 0 Å². The molecule has 6 rings (SSSR count). The number of anilines is 2. The number of pyridine rings is 1. The van der Waals surface area contributed by atoms with Gasteiger partial charge in [-0.25, -0.2) is 0 Å². The molecule has 1 aliphatic rings. The lowest BCUT2D eigenvalue weighted by Crippen LogP contribution is -2.57. The molecule has 6 nitrogen and oxygen atoms in total. The number of aryl methyl sites for hydroxylation is 3. The minimum absolute atomic E-state index is 0.0450. The van der Waals surface area contributed by atoms with E-state index in [1.165, 1.54) is 9.80 Å². The summed E-state index contributed by atoms with van der Waals surface area (Å²) in [6.45, 7) is 8.01. The van der Waals surface area contributed by atoms with Crippen LogP contribution in [0.5, 0.6) is 0 Å². The fourth-order valence-corrected chi connectivity index (χ4v) is 5.69. The highest BCUT2D eigenvalue weighted by Gasteiger charge is 2.41. The number of carbonyl (C=O) groups is 2. The monoisotopic (exact) mass is 556 g/mol. The molecule has 0 radical (unpaired) electrons. The third-order valence-electron chi connectivity index (χ3n) is 7.63. The van der Waals surface area contributed by atoms with E-state index >= 15 is 0 Å². The zero-order chi connectivity index (χ0) is 28.8. The average Bonchev–Trinajstić information content (AvgIpc) is 3.25. The van der Waals surface area contributed by atoms with E-state index in [0.29, 0.717) is 11.4 Å². The van der Waals surface area contributed by atoms with Gasteiger partial charge in [0.15, 0.2) is 5.11 Å². The summed E-state index contributed by atoms with van der Waals surface area (Å²) in [5.74, 6) is -0.898. The zero-order valence-electron chi connectivity index (χ0n) is 23.3. The highest BCUT2D eigenvalue weighted by atomic mass is 32.1. The third-order valence-corrected chi connectivity index (χ3v) is 7.99. The lowest BCUT2D eigenvalue weighted by atomic mass is 10.0. The highest BCUT2D eigenvalue weighted by Crippen LogP contribution is 2.32. The van der Waals surface area contributed by atoms with Crippen molar-refractivity contribution in [3.63, 3.8) is 0 Å². The molecule has 3 aromatic carbocycles. The normalized spacial score (nSPS) is 14.9. The number of para-hydroxylation sites is 1. The van der Waals surface area contributed by atoms with Gasteiger partial charge in [0.25, 0.3) is 11.8 Å². The Morgan fingerprint density at radius 2 is 1.41 bits per heavy atom. The molecule has 0 bridgehead atoms. The summed E-state index contributed by atoms with van der Waals surface area (Å²) < 4.78 is 2.12. The van der Waals surface area contributed by atoms with Crippen molar-refractivity contribution >= 4 is 57.5 Å². The Morgan fingerprint density at radius 3 is 2.15 bits per heavy atom. The van der Waals surface area contributed by atoms with Crippen molar-refractivity contribution in [2.75, 3.05) is 9.80 Å². The second-order valence-corrected chi connectivity index (χ2v) is 10.6. The molecule has 1 fully saturated rings. The lowest BCUT2D eigenvalue weighted by Gasteiger charge is -2.36. The maximum Gasteiger partial charge on any atom is 0.270 e. The Morgan fingerprint density at radius 1 is 0.707 bits per heavy atom. The second-order valence-electron chi connectivity index (χ2n) is 10.3. The molecule has 7 heteroatoms. The van der Waals surface area contributed by atoms with Crippen LogP contribution >= 0.6 is 12.2 Å². The van der Waals surface area contributed by atoms with Crippen molar-refractivity contribution < 1.29 is 9.59 Å². The van der Waals surface area contributed by atoms with Crippen LogP contribution in [0.25, 0.3) is 22.7 Å². The van der Waals surface area contributed by atoms with Crippen LogP contribution in [-0.4, -0.2) is 26.5 Å². The van der Waals surface area contributed by atoms with Gasteiger partial charge in [-0.2, -0.15) is 0 Å². The largest absolute Gasteiger partial charge is 0.318 e. The van der Waals surface area contributed by atoms with Crippen LogP contribution in [-0.2, 0) is 9.59 Å². The van der Waals surface area contributed by atoms with Crippen molar-refractivity contribution in [2.45, 2.75) is 27.7 Å². The molecular formula is C34H28N4O2S. The van der Waals surface area contributed by atoms with E-state index in [4.69, 9.17) is 12.2 Å². The fraction of sp³-hybridized carbons (Fsp3) is 0.118. The molecular weight excluding hydrogens is 528 g/mol. The van der Waals surface area contributed by atoms with Gasteiger partial charge in [-0.15, -0.1) is 0 Å². The fourth-order valence-electron chi connectivity index (χ4n) is 5.32. The van der Waals surface area contributed by atoms with E-state index in [1.54, 1.807) is 12.3 Å². The Balaban J connectivity index is 1.49. The molecule has 2 amide bonds. The average molecular weight is 557 g/mol. The summed E-state index contributed by atoms with van der Waals surface area (Å²) >= 11 is 5.79. The number of aromatic nitrogens is 2. The number of fused-ring (bicyclic) bond motifs is 1. The Hall–Kier alpha value is -4.88. The summed E-state index contributed by atoms with van der Waals surface area (Å²) in [6.07, 6.45) is 3.47. The van der Waals surface area contributed by atoms with Crippen LogP contribution in [0.1, 0.15) is 28.1 Å². The molecule has 0 spiro atoms. The van der Waals surface area contributed by atoms with Gasteiger partial charge in [0.05, 0.1) is 16.9 Å². The number of thiocarbonyl (C=S) groups is 1. The summed E-state index contributed by atoms with van der Waals surface area (Å²) in [6, 6.07) is 27.0. The van der Waals surface area contributed by atoms with E-state index in [-0.39, 0.29) is 10.7 Å². The van der Waals surface area contributed by atoms with E-state index in [0.717, 1.165) is 44.7 Å². The third kappa shape index (κ3) is 4.54. The molecule has 1 saturated heterocycles. The van der Waals surface area contributed by atoms with Crippen molar-refractivity contribution in [2.24, 2.45) is 0 Å². The number of benzene rings is 3. The Kier molecular flexibility index (Phi) is 6.59. The first-order chi connectivity index (χ1) is 19.7. The molecule has 0 atom stereocenters. The van der Waals surface area contributed by atoms with Gasteiger partial charge in [0, 0.05) is 28.7 Å². The van der Waals surface area contributed by atoms with E-state index < -0.39 is 11.8 Å². The van der Waals surface area contributed by atoms with Crippen LogP contribution in [0.3, 0.4) is 0 Å². The summed E-state index contributed by atoms with van der Waals surface area (Å²) in [5, 5.41) is 1.16. The van der Waals surface area contributed by atoms with Crippen LogP contribution in [0.4, 0.5) is 11.4 Å². The van der Waals surface area contributed by atoms with Crippen LogP contribution in [0.15, 0.2) is 96.7 Å². The molecule has 3 heterocycles. The van der Waals surface area contributed by atoms with Crippen molar-refractivity contribution in [3.05, 3.63) is 125 Å². The minimum atomic E-state index is -0.451. The smallest absolute Gasteiger partial charge is 0.270 e. The number of hydrogen-bond acceptors (Lipinski definition) is 4. The maximum atomic E-state index is 14.1. The van der Waals surface area contributed by atoms with Gasteiger partial charge in [0.1, 0.15) is 5.57 Å². The SMILES string of the molecule is Cc1ccc(N2C(=O)/C(=C\c3cc(C)n(-c4ccc5ncccc5c4)c3C)C(=O)N(c3ccccc3)C2=S)cc1C. The first kappa shape index (κ1) is 26.3. The molecule has 0 unspecified atom stereocenters. The molecule has 202 valence electrons. The molecule has 0 saturated carbocycles. The topological polar surface area (TPSA) is 58.4 Å². The number of rotatable bonds is 4. The Labute approximate surface area is 244 Å². The number of nitrogens with zero attached hydrogens (tertiary/aromatic N) is 4. The molecule has 2 aromatic heterocycles. The van der Waals surface area contributed by atoms with E-state index in [2.05, 4.69) is 15.6 Å².